The lowest BCUT2D eigenvalue weighted by molar-refractivity contribution is -0.161. The third kappa shape index (κ3) is 5.03. The molecule has 5 heteroatoms. The number of aliphatic hydroxyl groups is 1. The van der Waals surface area contributed by atoms with Crippen LogP contribution in [0.3, 0.4) is 0 Å². The minimum atomic E-state index is -0.583. The number of carbonyl (C=O) groups excluding carboxylic acids is 1. The minimum absolute atomic E-state index is 0.0807. The first-order chi connectivity index (χ1) is 16.1. The van der Waals surface area contributed by atoms with Gasteiger partial charge in [-0.2, -0.15) is 0 Å². The average Bonchev–Trinajstić information content (AvgIpc) is 3.62. The summed E-state index contributed by atoms with van der Waals surface area (Å²) in [5.41, 5.74) is 1.73. The van der Waals surface area contributed by atoms with Crippen LogP contribution >= 0.6 is 23.2 Å². The van der Waals surface area contributed by atoms with Crippen molar-refractivity contribution in [2.24, 2.45) is 17.3 Å². The largest absolute Gasteiger partial charge is 0.391 e. The van der Waals surface area contributed by atoms with Crippen molar-refractivity contribution < 1.29 is 9.90 Å². The van der Waals surface area contributed by atoms with E-state index in [-0.39, 0.29) is 23.9 Å². The summed E-state index contributed by atoms with van der Waals surface area (Å²) in [5.74, 6) is 0.532. The lowest BCUT2D eigenvalue weighted by Crippen LogP contribution is -2.59. The van der Waals surface area contributed by atoms with Gasteiger partial charge in [0, 0.05) is 10.9 Å². The average molecular weight is 503 g/mol. The fraction of sp³-hybridized carbons (Fsp3) is 0.552. The summed E-state index contributed by atoms with van der Waals surface area (Å²) in [5, 5.41) is 11.9. The number of hydrogen-bond donors (Lipinski definition) is 1. The molecule has 1 saturated carbocycles. The highest BCUT2D eigenvalue weighted by atomic mass is 35.5. The van der Waals surface area contributed by atoms with Crippen LogP contribution in [0.15, 0.2) is 60.7 Å². The molecule has 0 bridgehead atoms. The van der Waals surface area contributed by atoms with Crippen LogP contribution in [0.25, 0.3) is 0 Å². The van der Waals surface area contributed by atoms with Gasteiger partial charge in [-0.15, -0.1) is 18.2 Å². The number of rotatable bonds is 8. The molecule has 4 unspecified atom stereocenters. The zero-order chi connectivity index (χ0) is 24.7. The predicted octanol–water partition coefficient (Wildman–Crippen LogP) is 7.25. The number of hydrogen-bond acceptors (Lipinski definition) is 2. The van der Waals surface area contributed by atoms with Gasteiger partial charge in [0.1, 0.15) is 0 Å². The van der Waals surface area contributed by atoms with Crippen molar-refractivity contribution in [3.05, 3.63) is 71.3 Å². The topological polar surface area (TPSA) is 40.5 Å². The van der Waals surface area contributed by atoms with Crippen LogP contribution in [0.4, 0.5) is 0 Å². The van der Waals surface area contributed by atoms with Crippen molar-refractivity contribution in [2.45, 2.75) is 82.4 Å². The molecule has 2 fully saturated rings. The molecule has 34 heavy (non-hydrogen) atoms. The van der Waals surface area contributed by atoms with Crippen LogP contribution in [0.1, 0.15) is 70.9 Å². The Hall–Kier alpha value is -1.55. The van der Waals surface area contributed by atoms with E-state index in [1.54, 1.807) is 0 Å². The molecule has 1 saturated heterocycles. The Morgan fingerprint density at radius 2 is 1.94 bits per heavy atom. The fourth-order valence-corrected chi connectivity index (χ4v) is 6.42. The molecule has 2 aliphatic carbocycles. The van der Waals surface area contributed by atoms with E-state index in [1.807, 2.05) is 50.3 Å². The first kappa shape index (κ1) is 25.5. The molecule has 0 radical (unpaired) electrons. The van der Waals surface area contributed by atoms with Crippen LogP contribution in [0, 0.1) is 17.3 Å². The number of piperidine rings is 1. The molecule has 6 atom stereocenters. The van der Waals surface area contributed by atoms with E-state index in [9.17, 15) is 9.90 Å². The van der Waals surface area contributed by atoms with Crippen molar-refractivity contribution in [3.63, 3.8) is 0 Å². The molecule has 4 rings (SSSR count). The van der Waals surface area contributed by atoms with Gasteiger partial charge >= 0.3 is 0 Å². The van der Waals surface area contributed by atoms with Gasteiger partial charge < -0.3 is 10.0 Å². The molecule has 1 aliphatic heterocycles. The molecule has 1 aromatic carbocycles. The lowest BCUT2D eigenvalue weighted by Gasteiger charge is -2.54. The molecule has 0 aromatic heterocycles. The third-order valence-electron chi connectivity index (χ3n) is 7.93. The predicted molar refractivity (Wildman–Crippen MR) is 141 cm³/mol. The van der Waals surface area contributed by atoms with Gasteiger partial charge in [0.25, 0.3) is 0 Å². The first-order valence-corrected chi connectivity index (χ1v) is 13.3. The first-order valence-electron chi connectivity index (χ1n) is 12.5. The zero-order valence-corrected chi connectivity index (χ0v) is 22.0. The van der Waals surface area contributed by atoms with Crippen LogP contribution < -0.4 is 0 Å². The highest BCUT2D eigenvalue weighted by molar-refractivity contribution is 6.30. The number of likely N-dealkylation sites (tertiary alicyclic amines) is 1. The molecule has 1 aromatic rings. The van der Waals surface area contributed by atoms with E-state index in [0.29, 0.717) is 30.2 Å². The number of benzene rings is 1. The van der Waals surface area contributed by atoms with Gasteiger partial charge in [0.15, 0.2) is 0 Å². The number of amides is 1. The molecule has 3 aliphatic rings. The zero-order valence-electron chi connectivity index (χ0n) is 20.5. The molecular weight excluding hydrogens is 465 g/mol. The monoisotopic (exact) mass is 501 g/mol. The molecule has 1 N–H and O–H groups in total. The van der Waals surface area contributed by atoms with Crippen molar-refractivity contribution >= 4 is 29.1 Å². The summed E-state index contributed by atoms with van der Waals surface area (Å²) < 4.78 is 0. The standard InChI is InChI=1S/C29H37Cl2NO2/c1-5-15-28(3)18-23(21-8-7-16-29(4,31)17-21)25(19-11-13-22(30)14-12-19)32(27(28)34)26(20-9-10-20)24(33)6-2/h5,7-8,11-14,16,20,23-26,33H,1,6,9-10,15,17-18H2,2-4H3/t23?,24-,25?,26?,28-,29?/m0/s1. The second-order valence-electron chi connectivity index (χ2n) is 10.9. The maximum Gasteiger partial charge on any atom is 0.229 e. The van der Waals surface area contributed by atoms with Gasteiger partial charge in [-0.3, -0.25) is 4.79 Å². The van der Waals surface area contributed by atoms with E-state index in [4.69, 9.17) is 23.2 Å². The third-order valence-corrected chi connectivity index (χ3v) is 8.44. The van der Waals surface area contributed by atoms with Gasteiger partial charge in [0.2, 0.25) is 5.91 Å². The summed E-state index contributed by atoms with van der Waals surface area (Å²) in [4.78, 5) is 15.9. The Morgan fingerprint density at radius 3 is 2.50 bits per heavy atom. The van der Waals surface area contributed by atoms with Gasteiger partial charge in [-0.05, 0) is 69.1 Å². The summed E-state index contributed by atoms with van der Waals surface area (Å²) >= 11 is 13.1. The fourth-order valence-electron chi connectivity index (χ4n) is 6.06. The Balaban J connectivity index is 1.89. The Morgan fingerprint density at radius 1 is 1.26 bits per heavy atom. The molecule has 0 spiro atoms. The summed E-state index contributed by atoms with van der Waals surface area (Å²) in [7, 11) is 0. The second kappa shape index (κ2) is 9.84. The quantitative estimate of drug-likeness (QED) is 0.301. The van der Waals surface area contributed by atoms with Crippen molar-refractivity contribution in [1.29, 1.82) is 0 Å². The van der Waals surface area contributed by atoms with Crippen LogP contribution in [0.5, 0.6) is 0 Å². The van der Waals surface area contributed by atoms with Gasteiger partial charge in [-0.1, -0.05) is 67.5 Å². The Bertz CT molecular complexity index is 978. The lowest BCUT2D eigenvalue weighted by atomic mass is 9.65. The smallest absolute Gasteiger partial charge is 0.229 e. The highest BCUT2D eigenvalue weighted by Crippen LogP contribution is 2.54. The second-order valence-corrected chi connectivity index (χ2v) is 12.2. The summed E-state index contributed by atoms with van der Waals surface area (Å²) in [6, 6.07) is 7.50. The number of allylic oxidation sites excluding steroid dienone is 4. The molecule has 1 heterocycles. The van der Waals surface area contributed by atoms with Gasteiger partial charge in [-0.25, -0.2) is 0 Å². The number of alkyl halides is 1. The van der Waals surface area contributed by atoms with E-state index >= 15 is 0 Å². The Kier molecular flexibility index (Phi) is 7.39. The number of halogens is 2. The number of aliphatic hydroxyl groups excluding tert-OH is 1. The summed E-state index contributed by atoms with van der Waals surface area (Å²) in [6.45, 7) is 10.1. The van der Waals surface area contributed by atoms with Gasteiger partial charge in [0.05, 0.1) is 28.5 Å². The normalized spacial score (nSPS) is 33.4. The van der Waals surface area contributed by atoms with E-state index in [2.05, 4.69) is 30.6 Å². The van der Waals surface area contributed by atoms with E-state index < -0.39 is 16.4 Å². The SMILES string of the molecule is C=CC[C@@]1(C)CC(C2=CC=CC(C)(Cl)C2)C(c2ccc(Cl)cc2)N(C(C2CC2)[C@@H](O)CC)C1=O. The number of nitrogens with zero attached hydrogens (tertiary/aromatic N) is 1. The minimum Gasteiger partial charge on any atom is -0.391 e. The van der Waals surface area contributed by atoms with Crippen molar-refractivity contribution in [3.8, 4) is 0 Å². The van der Waals surface area contributed by atoms with Crippen molar-refractivity contribution in [2.75, 3.05) is 0 Å². The molecule has 184 valence electrons. The van der Waals surface area contributed by atoms with Crippen LogP contribution in [0.2, 0.25) is 5.02 Å². The Labute approximate surface area is 214 Å². The van der Waals surface area contributed by atoms with E-state index in [0.717, 1.165) is 24.8 Å². The van der Waals surface area contributed by atoms with E-state index in [1.165, 1.54) is 5.57 Å². The molecule has 3 nitrogen and oxygen atoms in total. The maximum atomic E-state index is 14.3. The van der Waals surface area contributed by atoms with Crippen LogP contribution in [-0.2, 0) is 4.79 Å². The summed E-state index contributed by atoms with van der Waals surface area (Å²) in [6.07, 6.45) is 12.3. The molecular formula is C29H37Cl2NO2. The molecule has 1 amide bonds. The highest BCUT2D eigenvalue weighted by Gasteiger charge is 2.55. The van der Waals surface area contributed by atoms with Crippen molar-refractivity contribution in [1.82, 2.24) is 4.90 Å². The van der Waals surface area contributed by atoms with Crippen LogP contribution in [-0.4, -0.2) is 32.9 Å². The maximum absolute atomic E-state index is 14.3. The number of carbonyl (C=O) groups is 1.